The molecule has 0 aliphatic carbocycles. The molecule has 3 rings (SSSR count). The number of likely N-dealkylation sites (N-methyl/N-ethyl adjacent to an activating group) is 2. The number of benzene rings is 1. The van der Waals surface area contributed by atoms with E-state index in [4.69, 9.17) is 39.8 Å². The molecule has 1 saturated heterocycles. The van der Waals surface area contributed by atoms with E-state index in [1.165, 1.54) is 4.90 Å². The van der Waals surface area contributed by atoms with Gasteiger partial charge >= 0.3 is 0 Å². The van der Waals surface area contributed by atoms with Crippen LogP contribution in [0.4, 0.5) is 0 Å². The largest absolute Gasteiger partial charge is 0.457 e. The molecule has 0 saturated carbocycles. The van der Waals surface area contributed by atoms with Gasteiger partial charge in [-0.1, -0.05) is 23.2 Å². The Hall–Kier alpha value is -1.82. The van der Waals surface area contributed by atoms with E-state index in [0.29, 0.717) is 32.4 Å². The van der Waals surface area contributed by atoms with Crippen molar-refractivity contribution in [3.8, 4) is 11.3 Å². The number of halogens is 2. The number of carbonyl (C=O) groups excluding carboxylic acids is 1. The standard InChI is InChI=1S/C16H12Cl2N2O2S/c1-19-13(15(21)20(2)16(19)23)8-10-4-6-14(22-10)9-3-5-11(17)12(18)7-9/h3-8H,1-2H3/b13-8-. The van der Waals surface area contributed by atoms with Gasteiger partial charge in [-0.3, -0.25) is 9.69 Å². The van der Waals surface area contributed by atoms with Crippen LogP contribution < -0.4 is 0 Å². The maximum Gasteiger partial charge on any atom is 0.276 e. The molecule has 0 radical (unpaired) electrons. The summed E-state index contributed by atoms with van der Waals surface area (Å²) in [6, 6.07) is 8.86. The molecule has 1 aromatic heterocycles. The lowest BCUT2D eigenvalue weighted by molar-refractivity contribution is -0.121. The average molecular weight is 367 g/mol. The normalized spacial score (nSPS) is 16.8. The molecule has 4 nitrogen and oxygen atoms in total. The third kappa shape index (κ3) is 2.87. The summed E-state index contributed by atoms with van der Waals surface area (Å²) in [6.45, 7) is 0. The monoisotopic (exact) mass is 366 g/mol. The second-order valence-electron chi connectivity index (χ2n) is 5.07. The lowest BCUT2D eigenvalue weighted by Crippen LogP contribution is -2.26. The van der Waals surface area contributed by atoms with E-state index in [2.05, 4.69) is 0 Å². The van der Waals surface area contributed by atoms with E-state index in [1.807, 2.05) is 12.1 Å². The van der Waals surface area contributed by atoms with Crippen molar-refractivity contribution in [3.05, 3.63) is 51.8 Å². The van der Waals surface area contributed by atoms with Gasteiger partial charge in [-0.25, -0.2) is 0 Å². The van der Waals surface area contributed by atoms with Crippen molar-refractivity contribution in [3.63, 3.8) is 0 Å². The number of amides is 1. The first kappa shape index (κ1) is 16.1. The minimum absolute atomic E-state index is 0.162. The molecule has 0 unspecified atom stereocenters. The van der Waals surface area contributed by atoms with Gasteiger partial charge in [0.2, 0.25) is 0 Å². The highest BCUT2D eigenvalue weighted by atomic mass is 35.5. The summed E-state index contributed by atoms with van der Waals surface area (Å²) in [7, 11) is 3.39. The number of hydrogen-bond acceptors (Lipinski definition) is 3. The Bertz CT molecular complexity index is 844. The predicted molar refractivity (Wildman–Crippen MR) is 95.3 cm³/mol. The van der Waals surface area contributed by atoms with E-state index < -0.39 is 0 Å². The smallest absolute Gasteiger partial charge is 0.276 e. The first-order valence-electron chi connectivity index (χ1n) is 6.71. The maximum atomic E-state index is 12.1. The zero-order valence-corrected chi connectivity index (χ0v) is 14.7. The zero-order chi connectivity index (χ0) is 16.7. The van der Waals surface area contributed by atoms with Crippen LogP contribution in [0.1, 0.15) is 5.76 Å². The fraction of sp³-hybridized carbons (Fsp3) is 0.125. The van der Waals surface area contributed by atoms with Crippen LogP contribution in [0.15, 0.2) is 40.4 Å². The van der Waals surface area contributed by atoms with E-state index >= 15 is 0 Å². The quantitative estimate of drug-likeness (QED) is 0.586. The fourth-order valence-electron chi connectivity index (χ4n) is 2.26. The number of nitrogens with zero attached hydrogens (tertiary/aromatic N) is 2. The number of thiocarbonyl (C=S) groups is 1. The highest BCUT2D eigenvalue weighted by molar-refractivity contribution is 7.80. The van der Waals surface area contributed by atoms with Gasteiger partial charge in [0.1, 0.15) is 17.2 Å². The highest BCUT2D eigenvalue weighted by Gasteiger charge is 2.32. The molecule has 118 valence electrons. The first-order valence-corrected chi connectivity index (χ1v) is 7.87. The molecule has 0 atom stereocenters. The number of furan rings is 1. The molecular weight excluding hydrogens is 355 g/mol. The second-order valence-corrected chi connectivity index (χ2v) is 6.25. The zero-order valence-electron chi connectivity index (χ0n) is 12.3. The van der Waals surface area contributed by atoms with Gasteiger partial charge in [0.25, 0.3) is 5.91 Å². The summed E-state index contributed by atoms with van der Waals surface area (Å²) in [4.78, 5) is 15.2. The van der Waals surface area contributed by atoms with Crippen LogP contribution >= 0.6 is 35.4 Å². The summed E-state index contributed by atoms with van der Waals surface area (Å²) < 4.78 is 5.77. The molecule has 0 N–H and O–H groups in total. The molecule has 1 fully saturated rings. The molecule has 1 amide bonds. The Morgan fingerprint density at radius 3 is 2.43 bits per heavy atom. The van der Waals surface area contributed by atoms with Gasteiger partial charge in [-0.15, -0.1) is 0 Å². The van der Waals surface area contributed by atoms with Crippen molar-refractivity contribution in [1.82, 2.24) is 9.80 Å². The van der Waals surface area contributed by atoms with Crippen LogP contribution in [0.5, 0.6) is 0 Å². The van der Waals surface area contributed by atoms with Crippen molar-refractivity contribution >= 4 is 52.5 Å². The number of carbonyl (C=O) groups is 1. The van der Waals surface area contributed by atoms with Crippen LogP contribution in [-0.2, 0) is 4.79 Å². The Labute approximate surface area is 148 Å². The Kier molecular flexibility index (Phi) is 4.19. The maximum absolute atomic E-state index is 12.1. The molecular formula is C16H12Cl2N2O2S. The Morgan fingerprint density at radius 1 is 1.09 bits per heavy atom. The Balaban J connectivity index is 1.93. The molecule has 1 aromatic carbocycles. The molecule has 1 aliphatic heterocycles. The Morgan fingerprint density at radius 2 is 1.83 bits per heavy atom. The van der Waals surface area contributed by atoms with Crippen LogP contribution in [0.3, 0.4) is 0 Å². The van der Waals surface area contributed by atoms with Crippen LogP contribution in [0.25, 0.3) is 17.4 Å². The molecule has 0 spiro atoms. The van der Waals surface area contributed by atoms with E-state index in [-0.39, 0.29) is 5.91 Å². The van der Waals surface area contributed by atoms with E-state index in [9.17, 15) is 4.79 Å². The van der Waals surface area contributed by atoms with Crippen LogP contribution in [-0.4, -0.2) is 34.9 Å². The lowest BCUT2D eigenvalue weighted by atomic mass is 10.2. The SMILES string of the molecule is CN1C(=O)/C(=C/c2ccc(-c3ccc(Cl)c(Cl)c3)o2)N(C)C1=S. The van der Waals surface area contributed by atoms with Crippen LogP contribution in [0, 0.1) is 0 Å². The summed E-state index contributed by atoms with van der Waals surface area (Å²) in [5.74, 6) is 1.03. The van der Waals surface area contributed by atoms with Crippen molar-refractivity contribution in [2.75, 3.05) is 14.1 Å². The third-order valence-corrected chi connectivity index (χ3v) is 4.86. The lowest BCUT2D eigenvalue weighted by Gasteiger charge is -2.10. The van der Waals surface area contributed by atoms with Gasteiger partial charge in [0.05, 0.1) is 10.0 Å². The van der Waals surface area contributed by atoms with Crippen molar-refractivity contribution < 1.29 is 9.21 Å². The summed E-state index contributed by atoms with van der Waals surface area (Å²) >= 11 is 17.1. The van der Waals surface area contributed by atoms with Crippen molar-refractivity contribution in [1.29, 1.82) is 0 Å². The van der Waals surface area contributed by atoms with Gasteiger partial charge in [0, 0.05) is 25.7 Å². The molecule has 2 heterocycles. The van der Waals surface area contributed by atoms with Crippen molar-refractivity contribution in [2.45, 2.75) is 0 Å². The van der Waals surface area contributed by atoms with E-state index in [0.717, 1.165) is 5.56 Å². The molecule has 2 aromatic rings. The van der Waals surface area contributed by atoms with Crippen molar-refractivity contribution in [2.24, 2.45) is 0 Å². The average Bonchev–Trinajstić information content (AvgIpc) is 3.06. The number of hydrogen-bond donors (Lipinski definition) is 0. The molecule has 0 bridgehead atoms. The minimum atomic E-state index is -0.162. The third-order valence-electron chi connectivity index (χ3n) is 3.57. The summed E-state index contributed by atoms with van der Waals surface area (Å²) in [5, 5.41) is 1.40. The topological polar surface area (TPSA) is 36.7 Å². The van der Waals surface area contributed by atoms with Gasteiger partial charge in [-0.2, -0.15) is 0 Å². The second kappa shape index (κ2) is 6.00. The van der Waals surface area contributed by atoms with Gasteiger partial charge < -0.3 is 9.32 Å². The fourth-order valence-corrected chi connectivity index (χ4v) is 2.74. The summed E-state index contributed by atoms with van der Waals surface area (Å²) in [5.41, 5.74) is 1.27. The van der Waals surface area contributed by atoms with E-state index in [1.54, 1.807) is 43.3 Å². The highest BCUT2D eigenvalue weighted by Crippen LogP contribution is 2.30. The molecule has 23 heavy (non-hydrogen) atoms. The molecule has 7 heteroatoms. The predicted octanol–water partition coefficient (Wildman–Crippen LogP) is 4.28. The number of rotatable bonds is 2. The first-order chi connectivity index (χ1) is 10.9. The van der Waals surface area contributed by atoms with Gasteiger partial charge in [-0.05, 0) is 42.5 Å². The van der Waals surface area contributed by atoms with Crippen LogP contribution in [0.2, 0.25) is 10.0 Å². The molecule has 1 aliphatic rings. The van der Waals surface area contributed by atoms with Gasteiger partial charge in [0.15, 0.2) is 5.11 Å². The minimum Gasteiger partial charge on any atom is -0.457 e. The summed E-state index contributed by atoms with van der Waals surface area (Å²) in [6.07, 6.45) is 1.67.